The highest BCUT2D eigenvalue weighted by Crippen LogP contribution is 2.29. The number of benzene rings is 1. The summed E-state index contributed by atoms with van der Waals surface area (Å²) in [5.74, 6) is 0.557. The molecule has 1 amide bonds. The first-order valence-electron chi connectivity index (χ1n) is 6.19. The zero-order chi connectivity index (χ0) is 12.8. The number of nitrogens with zero attached hydrogens (tertiary/aromatic N) is 1. The quantitative estimate of drug-likeness (QED) is 0.904. The summed E-state index contributed by atoms with van der Waals surface area (Å²) in [6.07, 6.45) is 5.09. The summed E-state index contributed by atoms with van der Waals surface area (Å²) in [6, 6.07) is 8.99. The van der Waals surface area contributed by atoms with E-state index in [0.29, 0.717) is 16.6 Å². The summed E-state index contributed by atoms with van der Waals surface area (Å²) in [7, 11) is 0. The van der Waals surface area contributed by atoms with Crippen molar-refractivity contribution in [2.45, 2.75) is 30.9 Å². The monoisotopic (exact) mass is 260 g/mol. The van der Waals surface area contributed by atoms with Gasteiger partial charge in [-0.15, -0.1) is 11.8 Å². The van der Waals surface area contributed by atoms with Crippen molar-refractivity contribution in [1.29, 1.82) is 5.26 Å². The highest BCUT2D eigenvalue weighted by atomic mass is 32.2. The summed E-state index contributed by atoms with van der Waals surface area (Å²) in [4.78, 5) is 11.7. The van der Waals surface area contributed by atoms with Crippen LogP contribution in [0.5, 0.6) is 0 Å². The molecule has 18 heavy (non-hydrogen) atoms. The predicted octanol–water partition coefficient (Wildman–Crippen LogP) is 3.17. The molecule has 0 aromatic heterocycles. The lowest BCUT2D eigenvalue weighted by Gasteiger charge is -2.09. The van der Waals surface area contributed by atoms with E-state index in [4.69, 9.17) is 5.26 Å². The number of nitrogens with one attached hydrogen (secondary N) is 1. The summed E-state index contributed by atoms with van der Waals surface area (Å²) >= 11 is 1.75. The number of hydrogen-bond donors (Lipinski definition) is 1. The van der Waals surface area contributed by atoms with Gasteiger partial charge in [0.2, 0.25) is 5.91 Å². The fourth-order valence-electron chi connectivity index (χ4n) is 2.07. The van der Waals surface area contributed by atoms with Crippen molar-refractivity contribution < 1.29 is 4.79 Å². The number of rotatable bonds is 4. The fourth-order valence-corrected chi connectivity index (χ4v) is 3.20. The van der Waals surface area contributed by atoms with Gasteiger partial charge in [0.1, 0.15) is 0 Å². The molecule has 0 unspecified atom stereocenters. The molecule has 0 saturated heterocycles. The number of thioether (sulfide) groups is 1. The lowest BCUT2D eigenvalue weighted by Crippen LogP contribution is -2.15. The number of amides is 1. The van der Waals surface area contributed by atoms with E-state index in [1.165, 1.54) is 25.7 Å². The molecule has 1 aromatic rings. The van der Waals surface area contributed by atoms with Crippen molar-refractivity contribution in [3.8, 4) is 6.07 Å². The third kappa shape index (κ3) is 3.78. The van der Waals surface area contributed by atoms with Crippen LogP contribution in [0.15, 0.2) is 24.3 Å². The molecule has 1 aliphatic carbocycles. The first-order valence-corrected chi connectivity index (χ1v) is 7.24. The van der Waals surface area contributed by atoms with Crippen molar-refractivity contribution in [3.05, 3.63) is 29.8 Å². The Kier molecular flexibility index (Phi) is 4.66. The van der Waals surface area contributed by atoms with E-state index in [-0.39, 0.29) is 5.91 Å². The summed E-state index contributed by atoms with van der Waals surface area (Å²) in [5, 5.41) is 12.2. The molecule has 0 heterocycles. The Hall–Kier alpha value is -1.47. The van der Waals surface area contributed by atoms with E-state index < -0.39 is 0 Å². The first-order chi connectivity index (χ1) is 8.78. The number of carbonyl (C=O) groups excluding carboxylic acids is 1. The van der Waals surface area contributed by atoms with E-state index >= 15 is 0 Å². The Morgan fingerprint density at radius 1 is 1.33 bits per heavy atom. The largest absolute Gasteiger partial charge is 0.325 e. The van der Waals surface area contributed by atoms with Gasteiger partial charge in [-0.05, 0) is 37.1 Å². The molecule has 2 rings (SSSR count). The number of hydrogen-bond acceptors (Lipinski definition) is 3. The molecule has 94 valence electrons. The summed E-state index contributed by atoms with van der Waals surface area (Å²) in [5.41, 5.74) is 1.36. The van der Waals surface area contributed by atoms with Crippen molar-refractivity contribution in [2.24, 2.45) is 0 Å². The second-order valence-electron chi connectivity index (χ2n) is 4.45. The van der Waals surface area contributed by atoms with E-state index in [2.05, 4.69) is 11.4 Å². The average molecular weight is 260 g/mol. The molecule has 0 bridgehead atoms. The van der Waals surface area contributed by atoms with Crippen LogP contribution in [0.4, 0.5) is 5.69 Å². The highest BCUT2D eigenvalue weighted by Gasteiger charge is 2.16. The Labute approximate surface area is 112 Å². The SMILES string of the molecule is N#Cc1ccc(NC(=O)CSC2CCCC2)cc1. The van der Waals surface area contributed by atoms with Gasteiger partial charge in [-0.3, -0.25) is 4.79 Å². The second kappa shape index (κ2) is 6.46. The molecule has 0 atom stereocenters. The maximum absolute atomic E-state index is 11.7. The summed E-state index contributed by atoms with van der Waals surface area (Å²) in [6.45, 7) is 0. The van der Waals surface area contributed by atoms with Gasteiger partial charge in [-0.25, -0.2) is 0 Å². The molecule has 1 aromatic carbocycles. The number of anilines is 1. The second-order valence-corrected chi connectivity index (χ2v) is 5.74. The lowest BCUT2D eigenvalue weighted by molar-refractivity contribution is -0.113. The highest BCUT2D eigenvalue weighted by molar-refractivity contribution is 8.00. The van der Waals surface area contributed by atoms with Crippen LogP contribution in [-0.4, -0.2) is 16.9 Å². The van der Waals surface area contributed by atoms with Crippen LogP contribution in [0.1, 0.15) is 31.2 Å². The van der Waals surface area contributed by atoms with E-state index in [0.717, 1.165) is 5.69 Å². The molecule has 1 saturated carbocycles. The molecule has 0 spiro atoms. The van der Waals surface area contributed by atoms with Gasteiger partial charge in [0.25, 0.3) is 0 Å². The standard InChI is InChI=1S/C14H16N2OS/c15-9-11-5-7-12(8-6-11)16-14(17)10-18-13-3-1-2-4-13/h5-8,13H,1-4,10H2,(H,16,17). The maximum atomic E-state index is 11.7. The fraction of sp³-hybridized carbons (Fsp3) is 0.429. The zero-order valence-corrected chi connectivity index (χ0v) is 11.0. The predicted molar refractivity (Wildman–Crippen MR) is 74.5 cm³/mol. The topological polar surface area (TPSA) is 52.9 Å². The van der Waals surface area contributed by atoms with Gasteiger partial charge >= 0.3 is 0 Å². The molecule has 1 fully saturated rings. The van der Waals surface area contributed by atoms with Crippen LogP contribution in [0.25, 0.3) is 0 Å². The molecule has 1 aliphatic rings. The Balaban J connectivity index is 1.77. The molecular formula is C14H16N2OS. The van der Waals surface area contributed by atoms with E-state index in [1.807, 2.05) is 0 Å². The van der Waals surface area contributed by atoms with Gasteiger partial charge in [0, 0.05) is 10.9 Å². The van der Waals surface area contributed by atoms with Gasteiger partial charge < -0.3 is 5.32 Å². The van der Waals surface area contributed by atoms with Crippen molar-refractivity contribution in [1.82, 2.24) is 0 Å². The van der Waals surface area contributed by atoms with Crippen LogP contribution >= 0.6 is 11.8 Å². The Morgan fingerprint density at radius 3 is 2.61 bits per heavy atom. The van der Waals surface area contributed by atoms with Crippen LogP contribution < -0.4 is 5.32 Å². The molecule has 0 radical (unpaired) electrons. The molecule has 1 N–H and O–H groups in total. The lowest BCUT2D eigenvalue weighted by atomic mass is 10.2. The summed E-state index contributed by atoms with van der Waals surface area (Å²) < 4.78 is 0. The van der Waals surface area contributed by atoms with Crippen LogP contribution in [-0.2, 0) is 4.79 Å². The normalized spacial score (nSPS) is 15.3. The molecule has 3 nitrogen and oxygen atoms in total. The molecular weight excluding hydrogens is 244 g/mol. The third-order valence-electron chi connectivity index (χ3n) is 3.05. The van der Waals surface area contributed by atoms with E-state index in [9.17, 15) is 4.79 Å². The molecule has 4 heteroatoms. The van der Waals surface area contributed by atoms with Gasteiger partial charge in [-0.1, -0.05) is 12.8 Å². The Bertz CT molecular complexity index is 444. The van der Waals surface area contributed by atoms with Crippen molar-refractivity contribution in [3.63, 3.8) is 0 Å². The first kappa shape index (κ1) is 13.0. The Morgan fingerprint density at radius 2 is 2.00 bits per heavy atom. The van der Waals surface area contributed by atoms with Crippen LogP contribution in [0.3, 0.4) is 0 Å². The molecule has 0 aliphatic heterocycles. The minimum atomic E-state index is 0.0385. The maximum Gasteiger partial charge on any atom is 0.234 e. The van der Waals surface area contributed by atoms with Crippen LogP contribution in [0, 0.1) is 11.3 Å². The zero-order valence-electron chi connectivity index (χ0n) is 10.2. The minimum absolute atomic E-state index is 0.0385. The van der Waals surface area contributed by atoms with Crippen LogP contribution in [0.2, 0.25) is 0 Å². The smallest absolute Gasteiger partial charge is 0.234 e. The van der Waals surface area contributed by atoms with E-state index in [1.54, 1.807) is 36.0 Å². The van der Waals surface area contributed by atoms with Crippen molar-refractivity contribution >= 4 is 23.4 Å². The van der Waals surface area contributed by atoms with Gasteiger partial charge in [0.15, 0.2) is 0 Å². The minimum Gasteiger partial charge on any atom is -0.325 e. The van der Waals surface area contributed by atoms with Gasteiger partial charge in [0.05, 0.1) is 17.4 Å². The average Bonchev–Trinajstić information content (AvgIpc) is 2.90. The number of carbonyl (C=O) groups is 1. The third-order valence-corrected chi connectivity index (χ3v) is 4.42. The number of nitriles is 1. The van der Waals surface area contributed by atoms with Crippen molar-refractivity contribution in [2.75, 3.05) is 11.1 Å². The van der Waals surface area contributed by atoms with Gasteiger partial charge in [-0.2, -0.15) is 5.26 Å².